The number of aromatic nitrogens is 2. The van der Waals surface area contributed by atoms with Crippen molar-refractivity contribution in [1.82, 2.24) is 14.0 Å². The minimum Gasteiger partial charge on any atom is -0.366 e. The lowest BCUT2D eigenvalue weighted by Gasteiger charge is -2.36. The van der Waals surface area contributed by atoms with Crippen LogP contribution in [0.3, 0.4) is 0 Å². The molecular weight excluding hydrogens is 471 g/mol. The molecule has 0 spiro atoms. The molecule has 1 saturated heterocycles. The van der Waals surface area contributed by atoms with Gasteiger partial charge in [-0.25, -0.2) is 4.39 Å². The van der Waals surface area contributed by atoms with E-state index in [-0.39, 0.29) is 24.8 Å². The van der Waals surface area contributed by atoms with E-state index in [1.54, 1.807) is 53.4 Å². The van der Waals surface area contributed by atoms with Gasteiger partial charge < -0.3 is 9.80 Å². The van der Waals surface area contributed by atoms with Gasteiger partial charge in [-0.05, 0) is 42.0 Å². The Bertz CT molecular complexity index is 1580. The molecule has 7 nitrogen and oxygen atoms in total. The smallest absolute Gasteiger partial charge is 0.317 e. The largest absolute Gasteiger partial charge is 0.366 e. The number of piperazine rings is 1. The minimum atomic E-state index is -0.603. The molecule has 1 fully saturated rings. The Hall–Kier alpha value is -4.46. The Morgan fingerprint density at radius 2 is 1.41 bits per heavy atom. The second kappa shape index (κ2) is 10.3. The Morgan fingerprint density at radius 3 is 2.05 bits per heavy atom. The zero-order chi connectivity index (χ0) is 25.9. The first-order chi connectivity index (χ1) is 18.0. The van der Waals surface area contributed by atoms with E-state index in [1.807, 2.05) is 29.2 Å². The maximum Gasteiger partial charge on any atom is 0.317 e. The lowest BCUT2D eigenvalue weighted by molar-refractivity contribution is 0.0746. The van der Waals surface area contributed by atoms with Gasteiger partial charge in [0, 0.05) is 38.3 Å². The summed E-state index contributed by atoms with van der Waals surface area (Å²) < 4.78 is 17.0. The van der Waals surface area contributed by atoms with Gasteiger partial charge in [-0.1, -0.05) is 42.5 Å². The van der Waals surface area contributed by atoms with Gasteiger partial charge >= 0.3 is 11.1 Å². The highest BCUT2D eigenvalue weighted by molar-refractivity contribution is 5.94. The third kappa shape index (κ3) is 4.70. The van der Waals surface area contributed by atoms with Gasteiger partial charge in [-0.15, -0.1) is 6.58 Å². The topological polar surface area (TPSA) is 67.5 Å². The number of rotatable bonds is 6. The Labute approximate surface area is 213 Å². The molecule has 37 heavy (non-hydrogen) atoms. The van der Waals surface area contributed by atoms with Crippen LogP contribution < -0.4 is 16.0 Å². The number of amides is 1. The van der Waals surface area contributed by atoms with E-state index in [4.69, 9.17) is 0 Å². The summed E-state index contributed by atoms with van der Waals surface area (Å²) >= 11 is 0. The molecule has 0 bridgehead atoms. The van der Waals surface area contributed by atoms with Gasteiger partial charge in [0.15, 0.2) is 0 Å². The van der Waals surface area contributed by atoms with Crippen molar-refractivity contribution in [2.45, 2.75) is 13.1 Å². The van der Waals surface area contributed by atoms with Crippen LogP contribution in [0.1, 0.15) is 15.9 Å². The molecule has 2 heterocycles. The number of hydrogen-bond acceptors (Lipinski definition) is 4. The fraction of sp³-hybridized carbons (Fsp3) is 0.207. The van der Waals surface area contributed by atoms with Crippen LogP contribution in [0, 0.1) is 5.82 Å². The van der Waals surface area contributed by atoms with Gasteiger partial charge in [0.2, 0.25) is 0 Å². The number of allylic oxidation sites excluding steroid dienone is 1. The fourth-order valence-corrected chi connectivity index (χ4v) is 4.81. The third-order valence-corrected chi connectivity index (χ3v) is 6.75. The zero-order valence-electron chi connectivity index (χ0n) is 20.3. The maximum absolute atomic E-state index is 14.1. The minimum absolute atomic E-state index is 0.0885. The summed E-state index contributed by atoms with van der Waals surface area (Å²) in [5, 5.41) is 0. The molecule has 0 saturated carbocycles. The van der Waals surface area contributed by atoms with Gasteiger partial charge in [0.05, 0.1) is 23.3 Å². The first-order valence-electron chi connectivity index (χ1n) is 12.2. The summed E-state index contributed by atoms with van der Waals surface area (Å²) in [6.07, 6.45) is 1.59. The number of fused-ring (bicyclic) bond motifs is 1. The van der Waals surface area contributed by atoms with E-state index in [9.17, 15) is 18.8 Å². The van der Waals surface area contributed by atoms with Crippen LogP contribution in [0.15, 0.2) is 95.0 Å². The second-order valence-corrected chi connectivity index (χ2v) is 9.01. The molecule has 4 aromatic rings. The lowest BCUT2D eigenvalue weighted by Crippen LogP contribution is -2.49. The predicted molar refractivity (Wildman–Crippen MR) is 143 cm³/mol. The molecule has 0 N–H and O–H groups in total. The molecule has 0 unspecified atom stereocenters. The van der Waals surface area contributed by atoms with Gasteiger partial charge in [0.25, 0.3) is 5.91 Å². The molecule has 0 atom stereocenters. The lowest BCUT2D eigenvalue weighted by atomic mass is 10.1. The van der Waals surface area contributed by atoms with Crippen molar-refractivity contribution in [3.8, 4) is 0 Å². The van der Waals surface area contributed by atoms with Crippen LogP contribution in [0.5, 0.6) is 0 Å². The number of carbonyl (C=O) groups is 1. The average molecular weight is 499 g/mol. The van der Waals surface area contributed by atoms with Crippen LogP contribution in [0.2, 0.25) is 0 Å². The van der Waals surface area contributed by atoms with Crippen LogP contribution in [0.25, 0.3) is 11.0 Å². The molecule has 8 heteroatoms. The average Bonchev–Trinajstić information content (AvgIpc) is 2.94. The van der Waals surface area contributed by atoms with E-state index in [1.165, 1.54) is 15.2 Å². The first kappa shape index (κ1) is 24.2. The second-order valence-electron chi connectivity index (χ2n) is 9.01. The summed E-state index contributed by atoms with van der Waals surface area (Å²) in [5.74, 6) is -0.350. The summed E-state index contributed by atoms with van der Waals surface area (Å²) in [5.41, 5.74) is 2.01. The van der Waals surface area contributed by atoms with Crippen LogP contribution in [-0.4, -0.2) is 46.1 Å². The van der Waals surface area contributed by atoms with Crippen LogP contribution in [0.4, 0.5) is 10.1 Å². The Balaban J connectivity index is 1.32. The highest BCUT2D eigenvalue weighted by atomic mass is 19.1. The van der Waals surface area contributed by atoms with E-state index >= 15 is 0 Å². The number of carbonyl (C=O) groups excluding carboxylic acids is 1. The predicted octanol–water partition coefficient (Wildman–Crippen LogP) is 3.50. The van der Waals surface area contributed by atoms with E-state index in [2.05, 4.69) is 6.58 Å². The van der Waals surface area contributed by atoms with Gasteiger partial charge in [-0.3, -0.25) is 23.5 Å². The van der Waals surface area contributed by atoms with Crippen LogP contribution in [-0.2, 0) is 13.1 Å². The van der Waals surface area contributed by atoms with Crippen molar-refractivity contribution in [3.05, 3.63) is 123 Å². The van der Waals surface area contributed by atoms with Crippen molar-refractivity contribution in [2.24, 2.45) is 0 Å². The number of hydrogen-bond donors (Lipinski definition) is 0. The number of benzene rings is 3. The number of anilines is 1. The summed E-state index contributed by atoms with van der Waals surface area (Å²) in [7, 11) is 0. The fourth-order valence-electron chi connectivity index (χ4n) is 4.81. The molecule has 0 radical (unpaired) electrons. The summed E-state index contributed by atoms with van der Waals surface area (Å²) in [4.78, 5) is 42.5. The van der Waals surface area contributed by atoms with Crippen molar-refractivity contribution in [1.29, 1.82) is 0 Å². The van der Waals surface area contributed by atoms with Gasteiger partial charge in [0.1, 0.15) is 5.82 Å². The summed E-state index contributed by atoms with van der Waals surface area (Å²) in [6, 6.07) is 21.0. The molecule has 1 aliphatic rings. The van der Waals surface area contributed by atoms with Crippen molar-refractivity contribution >= 4 is 22.6 Å². The zero-order valence-corrected chi connectivity index (χ0v) is 20.3. The Morgan fingerprint density at radius 1 is 0.811 bits per heavy atom. The van der Waals surface area contributed by atoms with Crippen molar-refractivity contribution < 1.29 is 9.18 Å². The Kier molecular flexibility index (Phi) is 6.72. The molecular formula is C29H27FN4O3. The molecule has 0 aliphatic carbocycles. The van der Waals surface area contributed by atoms with E-state index < -0.39 is 11.1 Å². The van der Waals surface area contributed by atoms with Crippen molar-refractivity contribution in [2.75, 3.05) is 31.1 Å². The maximum atomic E-state index is 14.1. The SMILES string of the molecule is C=CCn1c(=O)c(=O)n(Cc2ccc(C(=O)N3CCN(c4ccccc4F)CC3)cc2)c2ccccc21. The molecule has 3 aromatic carbocycles. The first-order valence-corrected chi connectivity index (χ1v) is 12.2. The molecule has 1 aromatic heterocycles. The molecule has 1 aliphatic heterocycles. The highest BCUT2D eigenvalue weighted by Gasteiger charge is 2.23. The van der Waals surface area contributed by atoms with E-state index in [0.29, 0.717) is 48.5 Å². The van der Waals surface area contributed by atoms with Crippen molar-refractivity contribution in [3.63, 3.8) is 0 Å². The number of para-hydroxylation sites is 3. The molecule has 188 valence electrons. The van der Waals surface area contributed by atoms with Gasteiger partial charge in [-0.2, -0.15) is 0 Å². The monoisotopic (exact) mass is 498 g/mol. The molecule has 5 rings (SSSR count). The number of halogens is 1. The van der Waals surface area contributed by atoms with E-state index in [0.717, 1.165) is 5.56 Å². The third-order valence-electron chi connectivity index (χ3n) is 6.75. The summed E-state index contributed by atoms with van der Waals surface area (Å²) in [6.45, 7) is 6.24. The normalized spacial score (nSPS) is 13.6. The standard InChI is InChI=1S/C29H27FN4O3/c1-2-15-33-25-9-5-6-10-26(25)34(29(37)28(33)36)20-21-11-13-22(14-12-21)27(35)32-18-16-31(17-19-32)24-8-4-3-7-23(24)30/h2-14H,1,15-20H2. The highest BCUT2D eigenvalue weighted by Crippen LogP contribution is 2.21. The quantitative estimate of drug-likeness (QED) is 0.302. The molecule has 1 amide bonds. The number of nitrogens with zero attached hydrogens (tertiary/aromatic N) is 4. The van der Waals surface area contributed by atoms with Crippen LogP contribution >= 0.6 is 0 Å².